The van der Waals surface area contributed by atoms with Crippen LogP contribution in [0.15, 0.2) is 194 Å². The predicted octanol–water partition coefficient (Wildman–Crippen LogP) is 12.8. The van der Waals surface area contributed by atoms with E-state index >= 15 is 0 Å². The summed E-state index contributed by atoms with van der Waals surface area (Å²) in [5, 5.41) is 7.13. The fourth-order valence-electron chi connectivity index (χ4n) is 8.31. The topological polar surface area (TPSA) is 35.6 Å². The number of fused-ring (bicyclic) bond motifs is 8. The lowest BCUT2D eigenvalue weighted by atomic mass is 9.94. The molecule has 0 aliphatic carbocycles. The van der Waals surface area contributed by atoms with Gasteiger partial charge >= 0.3 is 0 Å². The maximum atomic E-state index is 5.34. The molecule has 0 amide bonds. The molecule has 54 heavy (non-hydrogen) atoms. The van der Waals surface area contributed by atoms with E-state index in [1.165, 1.54) is 43.7 Å². The Morgan fingerprint density at radius 3 is 1.57 bits per heavy atom. The molecular weight excluding hydrogens is 657 g/mol. The van der Waals surface area contributed by atoms with Crippen molar-refractivity contribution in [2.45, 2.75) is 0 Å². The summed E-state index contributed by atoms with van der Waals surface area (Å²) in [5.74, 6) is 0.644. The molecule has 0 saturated carbocycles. The highest BCUT2D eigenvalue weighted by atomic mass is 15.2. The van der Waals surface area contributed by atoms with Gasteiger partial charge in [0, 0.05) is 43.7 Å². The molecule has 0 radical (unpaired) electrons. The second kappa shape index (κ2) is 12.1. The number of hydrogen-bond acceptors (Lipinski definition) is 2. The number of aromatic nitrogens is 4. The van der Waals surface area contributed by atoms with Crippen molar-refractivity contribution in [1.29, 1.82) is 0 Å². The maximum Gasteiger partial charge on any atom is 0.235 e. The van der Waals surface area contributed by atoms with E-state index in [4.69, 9.17) is 9.97 Å². The first-order valence-corrected chi connectivity index (χ1v) is 18.3. The largest absolute Gasteiger partial charge is 0.309 e. The molecule has 252 valence electrons. The first kappa shape index (κ1) is 30.3. The fraction of sp³-hybridized carbons (Fsp3) is 0. The lowest BCUT2D eigenvalue weighted by Crippen LogP contribution is -2.04. The molecule has 11 rings (SSSR count). The van der Waals surface area contributed by atoms with Crippen LogP contribution in [0.1, 0.15) is 0 Å². The van der Waals surface area contributed by atoms with E-state index in [-0.39, 0.29) is 0 Å². The molecule has 11 aromatic rings. The van der Waals surface area contributed by atoms with Gasteiger partial charge in [0.05, 0.1) is 33.5 Å². The standard InChI is InChI=1S/C50H32N4/c1-4-16-33(17-5-1)43-32-44(34-18-6-2-7-19-34)52-50(51-43)54-46-27-15-13-25-40(46)48-41(30-35-20-10-11-23-38(35)49(48)54)36-28-29-47-42(31-36)39-24-12-14-26-45(39)53(47)37-21-8-3-9-22-37/h1-32H. The second-order valence-electron chi connectivity index (χ2n) is 13.8. The molecule has 0 N–H and O–H groups in total. The van der Waals surface area contributed by atoms with Gasteiger partial charge in [0.2, 0.25) is 5.95 Å². The smallest absolute Gasteiger partial charge is 0.235 e. The Balaban J connectivity index is 1.24. The first-order chi connectivity index (χ1) is 26.8. The van der Waals surface area contributed by atoms with Crippen LogP contribution in [0.3, 0.4) is 0 Å². The predicted molar refractivity (Wildman–Crippen MR) is 225 cm³/mol. The zero-order valence-corrected chi connectivity index (χ0v) is 29.3. The molecule has 8 aromatic carbocycles. The average Bonchev–Trinajstić information content (AvgIpc) is 3.78. The highest BCUT2D eigenvalue weighted by molar-refractivity contribution is 6.24. The zero-order chi connectivity index (χ0) is 35.6. The van der Waals surface area contributed by atoms with Gasteiger partial charge in [0.25, 0.3) is 0 Å². The summed E-state index contributed by atoms with van der Waals surface area (Å²) in [6.45, 7) is 0. The van der Waals surface area contributed by atoms with Crippen molar-refractivity contribution in [3.8, 4) is 45.3 Å². The Morgan fingerprint density at radius 2 is 0.889 bits per heavy atom. The zero-order valence-electron chi connectivity index (χ0n) is 29.3. The summed E-state index contributed by atoms with van der Waals surface area (Å²) in [5.41, 5.74) is 11.9. The quantitative estimate of drug-likeness (QED) is 0.180. The normalized spacial score (nSPS) is 11.7. The minimum Gasteiger partial charge on any atom is -0.309 e. The molecule has 0 bridgehead atoms. The third-order valence-electron chi connectivity index (χ3n) is 10.7. The van der Waals surface area contributed by atoms with Crippen LogP contribution in [-0.2, 0) is 0 Å². The van der Waals surface area contributed by atoms with Crippen molar-refractivity contribution in [2.75, 3.05) is 0 Å². The molecule has 0 unspecified atom stereocenters. The van der Waals surface area contributed by atoms with Crippen molar-refractivity contribution in [2.24, 2.45) is 0 Å². The van der Waals surface area contributed by atoms with Gasteiger partial charge in [-0.2, -0.15) is 0 Å². The van der Waals surface area contributed by atoms with Crippen molar-refractivity contribution in [3.63, 3.8) is 0 Å². The monoisotopic (exact) mass is 688 g/mol. The molecule has 0 atom stereocenters. The van der Waals surface area contributed by atoms with Crippen LogP contribution in [-0.4, -0.2) is 19.1 Å². The average molecular weight is 689 g/mol. The molecule has 3 heterocycles. The van der Waals surface area contributed by atoms with Crippen LogP contribution in [0.2, 0.25) is 0 Å². The highest BCUT2D eigenvalue weighted by Crippen LogP contribution is 2.44. The lowest BCUT2D eigenvalue weighted by molar-refractivity contribution is 0.998. The van der Waals surface area contributed by atoms with E-state index in [1.54, 1.807) is 0 Å². The molecule has 0 aliphatic rings. The van der Waals surface area contributed by atoms with E-state index in [0.717, 1.165) is 50.0 Å². The van der Waals surface area contributed by atoms with Gasteiger partial charge in [-0.3, -0.25) is 4.57 Å². The van der Waals surface area contributed by atoms with E-state index in [2.05, 4.69) is 191 Å². The van der Waals surface area contributed by atoms with E-state index in [0.29, 0.717) is 5.95 Å². The van der Waals surface area contributed by atoms with Crippen molar-refractivity contribution in [1.82, 2.24) is 19.1 Å². The van der Waals surface area contributed by atoms with Gasteiger partial charge in [-0.1, -0.05) is 146 Å². The molecule has 4 nitrogen and oxygen atoms in total. The Morgan fingerprint density at radius 1 is 0.352 bits per heavy atom. The maximum absolute atomic E-state index is 5.34. The van der Waals surface area contributed by atoms with Crippen LogP contribution in [0, 0.1) is 0 Å². The Hall–Kier alpha value is -7.30. The van der Waals surface area contributed by atoms with Gasteiger partial charge in [0.15, 0.2) is 0 Å². The molecule has 0 aliphatic heterocycles. The number of rotatable bonds is 5. The second-order valence-corrected chi connectivity index (χ2v) is 13.8. The van der Waals surface area contributed by atoms with E-state index < -0.39 is 0 Å². The van der Waals surface area contributed by atoms with Gasteiger partial charge in [-0.25, -0.2) is 9.97 Å². The van der Waals surface area contributed by atoms with Crippen LogP contribution in [0.4, 0.5) is 0 Å². The van der Waals surface area contributed by atoms with Gasteiger partial charge in [-0.15, -0.1) is 0 Å². The summed E-state index contributed by atoms with van der Waals surface area (Å²) in [4.78, 5) is 10.7. The Labute approximate surface area is 311 Å². The van der Waals surface area contributed by atoms with Crippen LogP contribution in [0.25, 0.3) is 99.7 Å². The van der Waals surface area contributed by atoms with Gasteiger partial charge in [-0.05, 0) is 65.0 Å². The number of hydrogen-bond donors (Lipinski definition) is 0. The lowest BCUT2D eigenvalue weighted by Gasteiger charge is -2.14. The molecule has 4 heteroatoms. The van der Waals surface area contributed by atoms with Crippen LogP contribution < -0.4 is 0 Å². The van der Waals surface area contributed by atoms with Crippen molar-refractivity contribution in [3.05, 3.63) is 194 Å². The third kappa shape index (κ3) is 4.70. The first-order valence-electron chi connectivity index (χ1n) is 18.3. The summed E-state index contributed by atoms with van der Waals surface area (Å²) in [6.07, 6.45) is 0. The molecule has 0 saturated heterocycles. The van der Waals surface area contributed by atoms with Gasteiger partial charge in [0.1, 0.15) is 0 Å². The SMILES string of the molecule is c1ccc(-c2cc(-c3ccccc3)nc(-n3c4ccccc4c4c(-c5ccc6c(c5)c5ccccc5n6-c5ccccc5)cc5ccccc5c43)n2)cc1. The van der Waals surface area contributed by atoms with E-state index in [1.807, 2.05) is 12.1 Å². The highest BCUT2D eigenvalue weighted by Gasteiger charge is 2.22. The summed E-state index contributed by atoms with van der Waals surface area (Å²) < 4.78 is 4.66. The van der Waals surface area contributed by atoms with Crippen LogP contribution in [0.5, 0.6) is 0 Å². The number of para-hydroxylation sites is 3. The van der Waals surface area contributed by atoms with Gasteiger partial charge < -0.3 is 4.57 Å². The number of nitrogens with zero attached hydrogens (tertiary/aromatic N) is 4. The summed E-state index contributed by atoms with van der Waals surface area (Å²) in [7, 11) is 0. The minimum absolute atomic E-state index is 0.644. The fourth-order valence-corrected chi connectivity index (χ4v) is 8.31. The molecular formula is C50H32N4. The van der Waals surface area contributed by atoms with Crippen molar-refractivity contribution >= 4 is 54.4 Å². The number of benzene rings is 8. The Bertz CT molecular complexity index is 3140. The molecule has 0 spiro atoms. The van der Waals surface area contributed by atoms with E-state index in [9.17, 15) is 0 Å². The summed E-state index contributed by atoms with van der Waals surface area (Å²) in [6, 6.07) is 69.0. The minimum atomic E-state index is 0.644. The molecule has 0 fully saturated rings. The van der Waals surface area contributed by atoms with Crippen molar-refractivity contribution < 1.29 is 0 Å². The summed E-state index contributed by atoms with van der Waals surface area (Å²) >= 11 is 0. The third-order valence-corrected chi connectivity index (χ3v) is 10.7. The Kier molecular flexibility index (Phi) is 6.82. The molecule has 3 aromatic heterocycles. The van der Waals surface area contributed by atoms with Crippen LogP contribution >= 0.6 is 0 Å².